The highest BCUT2D eigenvalue weighted by Crippen LogP contribution is 2.40. The summed E-state index contributed by atoms with van der Waals surface area (Å²) in [4.78, 5) is 13.7. The highest BCUT2D eigenvalue weighted by molar-refractivity contribution is 8.93. The Labute approximate surface area is 230 Å². The van der Waals surface area contributed by atoms with Crippen LogP contribution in [-0.4, -0.2) is 20.0 Å². The van der Waals surface area contributed by atoms with Crippen LogP contribution in [0.15, 0.2) is 60.7 Å². The average molecular weight is 565 g/mol. The molecule has 6 heteroatoms. The fourth-order valence-corrected chi connectivity index (χ4v) is 4.75. The average Bonchev–Trinajstić information content (AvgIpc) is 3.05. The van der Waals surface area contributed by atoms with E-state index in [9.17, 15) is 9.90 Å². The number of carbonyl (C=O) groups is 1. The number of phenolic OH excluding ortho intramolecular Hbond substituents is 1. The molecule has 0 aliphatic rings. The van der Waals surface area contributed by atoms with Gasteiger partial charge in [-0.05, 0) is 53.1 Å². The maximum Gasteiger partial charge on any atom is 0.203 e. The summed E-state index contributed by atoms with van der Waals surface area (Å²) in [5.41, 5.74) is 5.83. The van der Waals surface area contributed by atoms with Gasteiger partial charge in [0.15, 0.2) is 5.78 Å². The number of nitrogens with zero attached hydrogens (tertiary/aromatic N) is 2. The van der Waals surface area contributed by atoms with E-state index in [1.807, 2.05) is 94.6 Å². The molecule has 0 saturated heterocycles. The Hall–Kier alpha value is -3.12. The first-order valence-electron chi connectivity index (χ1n) is 12.5. The molecule has 0 saturated carbocycles. The number of nitrogens with one attached hydrogen (secondary N) is 1. The number of ketones is 1. The minimum absolute atomic E-state index is 0. The number of hydrogen-bond donors (Lipinski definition) is 2. The van der Waals surface area contributed by atoms with Gasteiger partial charge < -0.3 is 14.2 Å². The Kier molecular flexibility index (Phi) is 7.94. The summed E-state index contributed by atoms with van der Waals surface area (Å²) in [5, 5.41) is 20.1. The number of hydrogen-bond acceptors (Lipinski definition) is 3. The molecule has 0 unspecified atom stereocenters. The number of rotatable bonds is 5. The van der Waals surface area contributed by atoms with Gasteiger partial charge in [0.2, 0.25) is 5.62 Å². The zero-order valence-electron chi connectivity index (χ0n) is 22.8. The molecule has 5 nitrogen and oxygen atoms in total. The Bertz CT molecular complexity index is 1480. The molecule has 0 aliphatic carbocycles. The molecule has 0 fully saturated rings. The minimum Gasteiger partial charge on any atom is -0.507 e. The molecular formula is C31H38BrN3O2. The van der Waals surface area contributed by atoms with Gasteiger partial charge >= 0.3 is 0 Å². The van der Waals surface area contributed by atoms with Crippen LogP contribution in [0.2, 0.25) is 0 Å². The van der Waals surface area contributed by atoms with Crippen LogP contribution in [0.4, 0.5) is 0 Å². The number of aromatic hydroxyl groups is 1. The number of para-hydroxylation sites is 2. The van der Waals surface area contributed by atoms with Crippen LogP contribution < -0.4 is 5.62 Å². The van der Waals surface area contributed by atoms with Gasteiger partial charge in [-0.1, -0.05) is 77.9 Å². The van der Waals surface area contributed by atoms with E-state index in [4.69, 9.17) is 5.41 Å². The molecule has 0 spiro atoms. The van der Waals surface area contributed by atoms with Crippen molar-refractivity contribution in [3.05, 3.63) is 94.1 Å². The van der Waals surface area contributed by atoms with Crippen molar-refractivity contribution in [1.29, 1.82) is 5.41 Å². The van der Waals surface area contributed by atoms with Gasteiger partial charge in [-0.2, -0.15) is 0 Å². The van der Waals surface area contributed by atoms with E-state index >= 15 is 0 Å². The lowest BCUT2D eigenvalue weighted by molar-refractivity contribution is 0.0971. The molecule has 196 valence electrons. The SMILES string of the molecule is Br.Cc1ccccc1Cn1c(=N)n(CC(=O)c2cc(C(C)(C)C)c(O)c(C(C)(C)C)c2)c2ccccc21. The Morgan fingerprint density at radius 3 is 1.84 bits per heavy atom. The Morgan fingerprint density at radius 1 is 0.838 bits per heavy atom. The van der Waals surface area contributed by atoms with Crippen molar-refractivity contribution in [1.82, 2.24) is 9.13 Å². The number of carbonyl (C=O) groups excluding carboxylic acids is 1. The first-order valence-corrected chi connectivity index (χ1v) is 12.5. The van der Waals surface area contributed by atoms with Crippen LogP contribution in [0.5, 0.6) is 5.75 Å². The van der Waals surface area contributed by atoms with Crippen LogP contribution in [0.25, 0.3) is 11.0 Å². The van der Waals surface area contributed by atoms with Crippen molar-refractivity contribution in [3.63, 3.8) is 0 Å². The van der Waals surface area contributed by atoms with E-state index in [0.717, 1.165) is 27.7 Å². The summed E-state index contributed by atoms with van der Waals surface area (Å²) >= 11 is 0. The van der Waals surface area contributed by atoms with Gasteiger partial charge in [0.05, 0.1) is 24.1 Å². The van der Waals surface area contributed by atoms with E-state index in [1.165, 1.54) is 5.56 Å². The van der Waals surface area contributed by atoms with Gasteiger partial charge in [-0.25, -0.2) is 0 Å². The van der Waals surface area contributed by atoms with E-state index in [1.54, 1.807) is 4.57 Å². The molecule has 0 aliphatic heterocycles. The molecule has 0 radical (unpaired) electrons. The zero-order chi connectivity index (χ0) is 26.4. The maximum atomic E-state index is 13.7. The van der Waals surface area contributed by atoms with Crippen molar-refractivity contribution < 1.29 is 9.90 Å². The standard InChI is InChI=1S/C31H37N3O2.BrH/c1-20-12-8-9-13-21(20)18-33-25-14-10-11-15-26(25)34(29(33)32)19-27(35)22-16-23(30(2,3)4)28(36)24(17-22)31(5,6)7;/h8-17,32,36H,18-19H2,1-7H3;1H. The smallest absolute Gasteiger partial charge is 0.203 e. The quantitative estimate of drug-likeness (QED) is 0.255. The van der Waals surface area contributed by atoms with Crippen molar-refractivity contribution in [2.45, 2.75) is 72.4 Å². The first kappa shape index (κ1) is 28.5. The number of benzene rings is 3. The lowest BCUT2D eigenvalue weighted by Crippen LogP contribution is -2.28. The predicted molar refractivity (Wildman–Crippen MR) is 156 cm³/mol. The molecule has 0 atom stereocenters. The number of fused-ring (bicyclic) bond motifs is 1. The van der Waals surface area contributed by atoms with Gasteiger partial charge in [0.1, 0.15) is 5.75 Å². The van der Waals surface area contributed by atoms with Crippen LogP contribution in [-0.2, 0) is 23.9 Å². The number of Topliss-reactive ketones (excluding diaryl/α,β-unsaturated/α-hetero) is 1. The van der Waals surface area contributed by atoms with Gasteiger partial charge in [-0.15, -0.1) is 17.0 Å². The fraction of sp³-hybridized carbons (Fsp3) is 0.355. The third-order valence-electron chi connectivity index (χ3n) is 6.91. The highest BCUT2D eigenvalue weighted by atomic mass is 79.9. The summed E-state index contributed by atoms with van der Waals surface area (Å²) in [6, 6.07) is 19.7. The molecule has 1 heterocycles. The molecule has 3 aromatic carbocycles. The number of aryl methyl sites for hydroxylation is 1. The van der Waals surface area contributed by atoms with E-state index in [2.05, 4.69) is 19.1 Å². The third-order valence-corrected chi connectivity index (χ3v) is 6.91. The summed E-state index contributed by atoms with van der Waals surface area (Å²) in [6.45, 7) is 14.9. The summed E-state index contributed by atoms with van der Waals surface area (Å²) in [5.74, 6) is 0.179. The van der Waals surface area contributed by atoms with Gasteiger partial charge in [0, 0.05) is 16.7 Å². The second-order valence-electron chi connectivity index (χ2n) is 11.8. The van der Waals surface area contributed by atoms with Crippen molar-refractivity contribution >= 4 is 33.8 Å². The molecule has 4 rings (SSSR count). The van der Waals surface area contributed by atoms with Crippen molar-refractivity contribution in [2.75, 3.05) is 0 Å². The normalized spacial score (nSPS) is 12.0. The van der Waals surface area contributed by atoms with Crippen LogP contribution in [0.1, 0.15) is 74.2 Å². The lowest BCUT2D eigenvalue weighted by atomic mass is 9.78. The summed E-state index contributed by atoms with van der Waals surface area (Å²) in [6.07, 6.45) is 0. The number of aromatic nitrogens is 2. The molecule has 0 amide bonds. The molecule has 1 aromatic heterocycles. The molecule has 0 bridgehead atoms. The number of phenols is 1. The highest BCUT2D eigenvalue weighted by Gasteiger charge is 2.28. The van der Waals surface area contributed by atoms with Gasteiger partial charge in [0.25, 0.3) is 0 Å². The second kappa shape index (κ2) is 10.3. The second-order valence-corrected chi connectivity index (χ2v) is 11.8. The van der Waals surface area contributed by atoms with Crippen molar-refractivity contribution in [2.24, 2.45) is 0 Å². The largest absolute Gasteiger partial charge is 0.507 e. The van der Waals surface area contributed by atoms with Crippen molar-refractivity contribution in [3.8, 4) is 5.75 Å². The van der Waals surface area contributed by atoms with E-state index in [-0.39, 0.29) is 45.9 Å². The van der Waals surface area contributed by atoms with Crippen LogP contribution in [0, 0.1) is 12.3 Å². The predicted octanol–water partition coefficient (Wildman–Crippen LogP) is 7.04. The topological polar surface area (TPSA) is 71.0 Å². The summed E-state index contributed by atoms with van der Waals surface area (Å²) in [7, 11) is 0. The monoisotopic (exact) mass is 563 g/mol. The molecular weight excluding hydrogens is 526 g/mol. The van der Waals surface area contributed by atoms with Gasteiger partial charge in [-0.3, -0.25) is 10.2 Å². The maximum absolute atomic E-state index is 13.7. The zero-order valence-corrected chi connectivity index (χ0v) is 24.6. The van der Waals surface area contributed by atoms with Crippen LogP contribution >= 0.6 is 17.0 Å². The fourth-order valence-electron chi connectivity index (χ4n) is 4.75. The molecule has 2 N–H and O–H groups in total. The lowest BCUT2D eigenvalue weighted by Gasteiger charge is -2.28. The van der Waals surface area contributed by atoms with E-state index < -0.39 is 0 Å². The Balaban J connectivity index is 0.00000380. The number of imidazole rings is 1. The Morgan fingerprint density at radius 2 is 1.32 bits per heavy atom. The van der Waals surface area contributed by atoms with E-state index in [0.29, 0.717) is 17.7 Å². The molecule has 37 heavy (non-hydrogen) atoms. The first-order chi connectivity index (χ1) is 16.8. The van der Waals surface area contributed by atoms with Crippen LogP contribution in [0.3, 0.4) is 0 Å². The number of halogens is 1. The third kappa shape index (κ3) is 5.59. The molecule has 4 aromatic rings. The summed E-state index contributed by atoms with van der Waals surface area (Å²) < 4.78 is 3.75. The minimum atomic E-state index is -0.322.